The summed E-state index contributed by atoms with van der Waals surface area (Å²) in [6.45, 7) is 16.5. The molecule has 1 aromatic heterocycles. The van der Waals surface area contributed by atoms with Crippen molar-refractivity contribution >= 4 is 41.9 Å². The first-order valence-corrected chi connectivity index (χ1v) is 15.1. The minimum Gasteiger partial charge on any atom is -0.458 e. The number of nitrogens with one attached hydrogen (secondary N) is 1. The maximum atomic E-state index is 13.7. The van der Waals surface area contributed by atoms with E-state index in [1.165, 1.54) is 6.92 Å². The first kappa shape index (κ1) is 33.9. The van der Waals surface area contributed by atoms with Crippen LogP contribution in [-0.4, -0.2) is 58.6 Å². The zero-order valence-corrected chi connectivity index (χ0v) is 26.5. The Labute approximate surface area is 255 Å². The van der Waals surface area contributed by atoms with E-state index in [0.717, 1.165) is 16.8 Å². The number of carbonyl (C=O) groups excluding carboxylic acids is 4. The molecule has 0 radical (unpaired) electrons. The third-order valence-corrected chi connectivity index (χ3v) is 8.73. The van der Waals surface area contributed by atoms with Gasteiger partial charge in [0, 0.05) is 30.0 Å². The van der Waals surface area contributed by atoms with Gasteiger partial charge in [-0.15, -0.1) is 0 Å². The number of pyridine rings is 1. The third-order valence-electron chi connectivity index (χ3n) is 8.73. The molecule has 9 nitrogen and oxygen atoms in total. The minimum atomic E-state index is -1.28. The molecule has 1 aromatic rings. The lowest BCUT2D eigenvalue weighted by molar-refractivity contribution is -0.170. The van der Waals surface area contributed by atoms with Crippen LogP contribution in [0.3, 0.4) is 0 Å². The van der Waals surface area contributed by atoms with Gasteiger partial charge in [-0.05, 0) is 64.7 Å². The number of hydrogen-bond donors (Lipinski definition) is 1. The molecule has 0 saturated carbocycles. The zero-order chi connectivity index (χ0) is 31.9. The fraction of sp³-hybridized carbons (Fsp3) is 0.559. The Hall–Kier alpha value is -3.59. The summed E-state index contributed by atoms with van der Waals surface area (Å²) in [5.41, 5.74) is 0.518. The summed E-state index contributed by atoms with van der Waals surface area (Å²) < 4.78 is 17.8. The van der Waals surface area contributed by atoms with E-state index >= 15 is 0 Å². The van der Waals surface area contributed by atoms with Crippen molar-refractivity contribution in [1.82, 2.24) is 10.3 Å². The van der Waals surface area contributed by atoms with Gasteiger partial charge in [0.1, 0.15) is 23.6 Å². The molecule has 7 atom stereocenters. The SMILES string of the molecule is C=Cc1cc(/C=C/CO[C@@]2(C)CCC(=O)C(C)C(=O)O[C@H](CC)[C@@]3(C)OC(=O)NC3C(C)C(=O)[C@H](C)C2)cnc1/C=C\C. The quantitative estimate of drug-likeness (QED) is 0.303. The molecule has 2 aliphatic heterocycles. The topological polar surface area (TPSA) is 121 Å². The number of rotatable bonds is 7. The zero-order valence-electron chi connectivity index (χ0n) is 26.5. The van der Waals surface area contributed by atoms with Gasteiger partial charge < -0.3 is 19.5 Å². The average Bonchev–Trinajstić information content (AvgIpc) is 3.30. The lowest BCUT2D eigenvalue weighted by Crippen LogP contribution is -2.57. The van der Waals surface area contributed by atoms with Gasteiger partial charge in [0.15, 0.2) is 5.60 Å². The first-order valence-electron chi connectivity index (χ1n) is 15.1. The highest BCUT2D eigenvalue weighted by Crippen LogP contribution is 2.37. The molecule has 0 aliphatic carbocycles. The van der Waals surface area contributed by atoms with Gasteiger partial charge in [0.25, 0.3) is 0 Å². The molecule has 234 valence electrons. The molecule has 0 aromatic carbocycles. The molecule has 1 N–H and O–H groups in total. The summed E-state index contributed by atoms with van der Waals surface area (Å²) >= 11 is 0. The number of hydrogen-bond acceptors (Lipinski definition) is 8. The van der Waals surface area contributed by atoms with Crippen LogP contribution in [-0.2, 0) is 28.6 Å². The predicted octanol–water partition coefficient (Wildman–Crippen LogP) is 5.97. The van der Waals surface area contributed by atoms with Crippen molar-refractivity contribution in [3.63, 3.8) is 0 Å². The van der Waals surface area contributed by atoms with E-state index in [2.05, 4.69) is 16.9 Å². The molecule has 2 aliphatic rings. The maximum absolute atomic E-state index is 13.7. The standard InChI is InChI=1S/C34H46N2O7/c1-9-13-26-25(10-2)18-24(20-35-26)14-12-17-41-33(7)16-15-27(37)22(5)31(39)42-28(11-3)34(8)30(36-32(40)43-34)23(6)29(38)21(4)19-33/h9-10,12-14,18,20-23,28,30H,2,11,15-17,19H2,1,3-8H3,(H,36,40)/b13-9-,14-12+/t21-,22?,23?,28-,30?,33+,34-/m1/s1. The monoisotopic (exact) mass is 594 g/mol. The summed E-state index contributed by atoms with van der Waals surface area (Å²) in [7, 11) is 0. The Morgan fingerprint density at radius 2 is 1.88 bits per heavy atom. The van der Waals surface area contributed by atoms with Crippen molar-refractivity contribution in [2.24, 2.45) is 17.8 Å². The second-order valence-corrected chi connectivity index (χ2v) is 12.1. The predicted molar refractivity (Wildman–Crippen MR) is 166 cm³/mol. The fourth-order valence-corrected chi connectivity index (χ4v) is 6.12. The number of aromatic nitrogens is 1. The van der Waals surface area contributed by atoms with Crippen LogP contribution in [0.5, 0.6) is 0 Å². The largest absolute Gasteiger partial charge is 0.458 e. The Morgan fingerprint density at radius 3 is 2.53 bits per heavy atom. The lowest BCUT2D eigenvalue weighted by Gasteiger charge is -2.39. The van der Waals surface area contributed by atoms with Crippen LogP contribution >= 0.6 is 0 Å². The Morgan fingerprint density at radius 1 is 1.16 bits per heavy atom. The van der Waals surface area contributed by atoms with Gasteiger partial charge in [0.2, 0.25) is 0 Å². The number of ether oxygens (including phenoxy) is 3. The molecule has 0 bridgehead atoms. The second kappa shape index (κ2) is 14.3. The van der Waals surface area contributed by atoms with Gasteiger partial charge in [-0.25, -0.2) is 4.79 Å². The molecule has 3 heterocycles. The summed E-state index contributed by atoms with van der Waals surface area (Å²) in [5.74, 6) is -3.09. The van der Waals surface area contributed by atoms with Crippen molar-refractivity contribution in [2.75, 3.05) is 6.61 Å². The molecule has 2 fully saturated rings. The highest BCUT2D eigenvalue weighted by atomic mass is 16.6. The Balaban J connectivity index is 1.85. The van der Waals surface area contributed by atoms with Crippen molar-refractivity contribution < 1.29 is 33.4 Å². The lowest BCUT2D eigenvalue weighted by atomic mass is 9.75. The number of amides is 1. The summed E-state index contributed by atoms with van der Waals surface area (Å²) in [6.07, 6.45) is 10.7. The number of cyclic esters (lactones) is 1. The Bertz CT molecular complexity index is 1290. The summed E-state index contributed by atoms with van der Waals surface area (Å²) in [6, 6.07) is 1.27. The van der Waals surface area contributed by atoms with Crippen molar-refractivity contribution in [3.05, 3.63) is 47.8 Å². The normalized spacial score (nSPS) is 32.7. The molecule has 43 heavy (non-hydrogen) atoms. The Kier molecular flexibility index (Phi) is 11.2. The smallest absolute Gasteiger partial charge is 0.408 e. The van der Waals surface area contributed by atoms with Gasteiger partial charge in [-0.2, -0.15) is 0 Å². The first-order chi connectivity index (χ1) is 20.3. The van der Waals surface area contributed by atoms with E-state index in [9.17, 15) is 19.2 Å². The van der Waals surface area contributed by atoms with E-state index in [0.29, 0.717) is 19.3 Å². The van der Waals surface area contributed by atoms with Crippen LogP contribution in [0.25, 0.3) is 18.2 Å². The van der Waals surface area contributed by atoms with Gasteiger partial charge >= 0.3 is 12.1 Å². The van der Waals surface area contributed by atoms with Crippen molar-refractivity contribution in [3.8, 4) is 0 Å². The average molecular weight is 595 g/mol. The fourth-order valence-electron chi connectivity index (χ4n) is 6.12. The number of alkyl carbamates (subject to hydrolysis) is 1. The molecule has 0 spiro atoms. The number of carbonyl (C=O) groups is 4. The van der Waals surface area contributed by atoms with Crippen LogP contribution in [0.15, 0.2) is 31.0 Å². The molecule has 3 rings (SSSR count). The van der Waals surface area contributed by atoms with Gasteiger partial charge in [-0.1, -0.05) is 51.7 Å². The molecule has 3 unspecified atom stereocenters. The van der Waals surface area contributed by atoms with E-state index in [1.807, 2.05) is 58.1 Å². The number of fused-ring (bicyclic) bond motifs is 1. The van der Waals surface area contributed by atoms with Crippen LogP contribution in [0, 0.1) is 17.8 Å². The molecule has 9 heteroatoms. The van der Waals surface area contributed by atoms with Gasteiger partial charge in [0.05, 0.1) is 23.9 Å². The highest BCUT2D eigenvalue weighted by Gasteiger charge is 2.56. The van der Waals surface area contributed by atoms with Crippen LogP contribution in [0.1, 0.15) is 91.0 Å². The van der Waals surface area contributed by atoms with Crippen molar-refractivity contribution in [1.29, 1.82) is 0 Å². The number of nitrogens with zero attached hydrogens (tertiary/aromatic N) is 1. The summed E-state index contributed by atoms with van der Waals surface area (Å²) in [5, 5.41) is 2.78. The number of esters is 1. The van der Waals surface area contributed by atoms with Crippen LogP contribution < -0.4 is 5.32 Å². The summed E-state index contributed by atoms with van der Waals surface area (Å²) in [4.78, 5) is 56.8. The number of allylic oxidation sites excluding steroid dienone is 1. The minimum absolute atomic E-state index is 0.0745. The molecular formula is C34H46N2O7. The van der Waals surface area contributed by atoms with Crippen LogP contribution in [0.2, 0.25) is 0 Å². The molecular weight excluding hydrogens is 548 g/mol. The number of ketones is 2. The van der Waals surface area contributed by atoms with Crippen LogP contribution in [0.4, 0.5) is 4.79 Å². The maximum Gasteiger partial charge on any atom is 0.408 e. The number of Topliss-reactive ketones (excluding diaryl/α,β-unsaturated/α-hetero) is 2. The van der Waals surface area contributed by atoms with Gasteiger partial charge in [-0.3, -0.25) is 19.4 Å². The van der Waals surface area contributed by atoms with E-state index in [1.54, 1.807) is 26.1 Å². The third kappa shape index (κ3) is 7.88. The second-order valence-electron chi connectivity index (χ2n) is 12.1. The molecule has 2 saturated heterocycles. The van der Waals surface area contributed by atoms with E-state index in [4.69, 9.17) is 14.2 Å². The molecule has 1 amide bonds. The van der Waals surface area contributed by atoms with Crippen molar-refractivity contribution in [2.45, 2.75) is 97.5 Å². The van der Waals surface area contributed by atoms with E-state index in [-0.39, 0.29) is 24.6 Å². The van der Waals surface area contributed by atoms with E-state index < -0.39 is 53.2 Å². The highest BCUT2D eigenvalue weighted by molar-refractivity contribution is 5.98.